The Morgan fingerprint density at radius 2 is 1.88 bits per heavy atom. The van der Waals surface area contributed by atoms with Crippen molar-refractivity contribution >= 4 is 45.9 Å². The Balaban J connectivity index is 2.18. The van der Waals surface area contributed by atoms with Crippen LogP contribution in [0.2, 0.25) is 0 Å². The van der Waals surface area contributed by atoms with Crippen LogP contribution in [0.4, 0.5) is 5.00 Å². The van der Waals surface area contributed by atoms with Crippen molar-refractivity contribution in [2.24, 2.45) is 0 Å². The van der Waals surface area contributed by atoms with Gasteiger partial charge < -0.3 is 15.4 Å². The Kier molecular flexibility index (Phi) is 7.23. The lowest BCUT2D eigenvalue weighted by Gasteiger charge is -2.06. The molecule has 2 amide bonds. The van der Waals surface area contributed by atoms with Crippen molar-refractivity contribution in [2.75, 3.05) is 24.7 Å². The van der Waals surface area contributed by atoms with Gasteiger partial charge in [-0.05, 0) is 31.5 Å². The van der Waals surface area contributed by atoms with Gasteiger partial charge in [0.2, 0.25) is 5.91 Å². The van der Waals surface area contributed by atoms with E-state index in [0.717, 1.165) is 16.2 Å². The summed E-state index contributed by atoms with van der Waals surface area (Å²) in [6, 6.07) is 9.55. The number of hydrogen-bond acceptors (Lipinski definition) is 6. The van der Waals surface area contributed by atoms with E-state index in [1.165, 1.54) is 18.8 Å². The molecule has 0 aliphatic carbocycles. The van der Waals surface area contributed by atoms with Crippen LogP contribution in [0.3, 0.4) is 0 Å². The Morgan fingerprint density at radius 1 is 1.19 bits per heavy atom. The molecule has 26 heavy (non-hydrogen) atoms. The lowest BCUT2D eigenvalue weighted by molar-refractivity contribution is -0.113. The fraction of sp³-hybridized carbons (Fsp3) is 0.278. The quantitative estimate of drug-likeness (QED) is 0.558. The van der Waals surface area contributed by atoms with E-state index in [1.54, 1.807) is 13.8 Å². The number of amides is 2. The molecule has 0 atom stereocenters. The lowest BCUT2D eigenvalue weighted by atomic mass is 10.1. The van der Waals surface area contributed by atoms with Crippen molar-refractivity contribution in [3.8, 4) is 0 Å². The molecule has 0 radical (unpaired) electrons. The number of carbonyl (C=O) groups excluding carboxylic acids is 3. The highest BCUT2D eigenvalue weighted by atomic mass is 32.2. The Labute approximate surface area is 160 Å². The predicted molar refractivity (Wildman–Crippen MR) is 104 cm³/mol. The van der Waals surface area contributed by atoms with Gasteiger partial charge in [-0.25, -0.2) is 4.79 Å². The van der Waals surface area contributed by atoms with Gasteiger partial charge in [0.15, 0.2) is 0 Å². The van der Waals surface area contributed by atoms with Crippen LogP contribution < -0.4 is 10.6 Å². The van der Waals surface area contributed by atoms with Gasteiger partial charge in [-0.15, -0.1) is 23.1 Å². The minimum Gasteiger partial charge on any atom is -0.462 e. The van der Waals surface area contributed by atoms with Gasteiger partial charge in [-0.3, -0.25) is 9.59 Å². The molecule has 8 heteroatoms. The summed E-state index contributed by atoms with van der Waals surface area (Å²) in [5, 5.41) is 5.63. The second-order valence-electron chi connectivity index (χ2n) is 5.21. The average molecular weight is 393 g/mol. The third-order valence-corrected chi connectivity index (χ3v) is 5.63. The monoisotopic (exact) mass is 392 g/mol. The van der Waals surface area contributed by atoms with Gasteiger partial charge in [0.1, 0.15) is 9.88 Å². The standard InChI is InChI=1S/C18H20N2O4S2/c1-4-24-18(23)15-11(2)14(16(22)19-3)17(26-15)20-13(21)10-25-12-8-6-5-7-9-12/h5-9H,4,10H2,1-3H3,(H,19,22)(H,20,21). The Morgan fingerprint density at radius 3 is 2.50 bits per heavy atom. The first-order valence-corrected chi connectivity index (χ1v) is 9.78. The smallest absolute Gasteiger partial charge is 0.348 e. The summed E-state index contributed by atoms with van der Waals surface area (Å²) in [5.74, 6) is -0.914. The maximum atomic E-state index is 12.3. The molecule has 2 rings (SSSR count). The third kappa shape index (κ3) is 4.86. The van der Waals surface area contributed by atoms with Gasteiger partial charge >= 0.3 is 5.97 Å². The first-order chi connectivity index (χ1) is 12.5. The maximum Gasteiger partial charge on any atom is 0.348 e. The minimum atomic E-state index is -0.501. The zero-order chi connectivity index (χ0) is 19.1. The fourth-order valence-corrected chi connectivity index (χ4v) is 4.05. The molecule has 0 spiro atoms. The van der Waals surface area contributed by atoms with E-state index in [4.69, 9.17) is 4.74 Å². The van der Waals surface area contributed by atoms with E-state index in [9.17, 15) is 14.4 Å². The number of anilines is 1. The molecule has 0 aliphatic rings. The molecule has 2 N–H and O–H groups in total. The van der Waals surface area contributed by atoms with Crippen molar-refractivity contribution in [1.82, 2.24) is 5.32 Å². The molecule has 1 aromatic carbocycles. The van der Waals surface area contributed by atoms with E-state index >= 15 is 0 Å². The van der Waals surface area contributed by atoms with Gasteiger partial charge in [0.25, 0.3) is 5.91 Å². The van der Waals surface area contributed by atoms with Crippen molar-refractivity contribution in [3.05, 3.63) is 46.3 Å². The summed E-state index contributed by atoms with van der Waals surface area (Å²) in [6.45, 7) is 3.62. The van der Waals surface area contributed by atoms with Crippen molar-refractivity contribution < 1.29 is 19.1 Å². The summed E-state index contributed by atoms with van der Waals surface area (Å²) in [6.07, 6.45) is 0. The van der Waals surface area contributed by atoms with E-state index in [-0.39, 0.29) is 24.2 Å². The predicted octanol–water partition coefficient (Wildman–Crippen LogP) is 3.32. The normalized spacial score (nSPS) is 10.3. The zero-order valence-electron chi connectivity index (χ0n) is 14.8. The van der Waals surface area contributed by atoms with Crippen molar-refractivity contribution in [2.45, 2.75) is 18.7 Å². The van der Waals surface area contributed by atoms with E-state index in [0.29, 0.717) is 21.0 Å². The zero-order valence-corrected chi connectivity index (χ0v) is 16.4. The highest BCUT2D eigenvalue weighted by Crippen LogP contribution is 2.34. The number of hydrogen-bond donors (Lipinski definition) is 2. The second-order valence-corrected chi connectivity index (χ2v) is 7.28. The number of benzene rings is 1. The number of carbonyl (C=O) groups is 3. The molecule has 0 unspecified atom stereocenters. The van der Waals surface area contributed by atoms with Crippen LogP contribution in [-0.4, -0.2) is 37.2 Å². The summed E-state index contributed by atoms with van der Waals surface area (Å²) < 4.78 is 5.02. The summed E-state index contributed by atoms with van der Waals surface area (Å²) in [5.41, 5.74) is 0.789. The van der Waals surface area contributed by atoms with Crippen LogP contribution in [0.15, 0.2) is 35.2 Å². The Hall–Kier alpha value is -2.32. The van der Waals surface area contributed by atoms with Crippen LogP contribution in [0.1, 0.15) is 32.5 Å². The van der Waals surface area contributed by atoms with Gasteiger partial charge in [-0.1, -0.05) is 18.2 Å². The molecule has 1 aromatic heterocycles. The second kappa shape index (κ2) is 9.40. The molecule has 6 nitrogen and oxygen atoms in total. The number of esters is 1. The molecule has 138 valence electrons. The molecule has 0 fully saturated rings. The van der Waals surface area contributed by atoms with E-state index < -0.39 is 5.97 Å². The van der Waals surface area contributed by atoms with Gasteiger partial charge in [0, 0.05) is 11.9 Å². The first-order valence-electron chi connectivity index (χ1n) is 7.98. The van der Waals surface area contributed by atoms with Crippen molar-refractivity contribution in [3.63, 3.8) is 0 Å². The van der Waals surface area contributed by atoms with Crippen LogP contribution >= 0.6 is 23.1 Å². The van der Waals surface area contributed by atoms with Crippen LogP contribution in [-0.2, 0) is 9.53 Å². The number of thiophene rings is 1. The van der Waals surface area contributed by atoms with E-state index in [2.05, 4.69) is 10.6 Å². The highest BCUT2D eigenvalue weighted by Gasteiger charge is 2.25. The minimum absolute atomic E-state index is 0.197. The molecular formula is C18H20N2O4S2. The van der Waals surface area contributed by atoms with Crippen LogP contribution in [0, 0.1) is 6.92 Å². The molecule has 0 aliphatic heterocycles. The first kappa shape index (κ1) is 20.0. The fourth-order valence-electron chi connectivity index (χ4n) is 2.22. The van der Waals surface area contributed by atoms with Crippen LogP contribution in [0.25, 0.3) is 0 Å². The van der Waals surface area contributed by atoms with Gasteiger partial charge in [0.05, 0.1) is 17.9 Å². The molecule has 2 aromatic rings. The number of thioether (sulfide) groups is 1. The largest absolute Gasteiger partial charge is 0.462 e. The SMILES string of the molecule is CCOC(=O)c1sc(NC(=O)CSc2ccccc2)c(C(=O)NC)c1C. The van der Waals surface area contributed by atoms with Crippen molar-refractivity contribution in [1.29, 1.82) is 0 Å². The lowest BCUT2D eigenvalue weighted by Crippen LogP contribution is -2.21. The molecule has 1 heterocycles. The topological polar surface area (TPSA) is 84.5 Å². The molecule has 0 saturated heterocycles. The summed E-state index contributed by atoms with van der Waals surface area (Å²) in [7, 11) is 1.50. The number of nitrogens with one attached hydrogen (secondary N) is 2. The summed E-state index contributed by atoms with van der Waals surface area (Å²) >= 11 is 2.44. The maximum absolute atomic E-state index is 12.3. The highest BCUT2D eigenvalue weighted by molar-refractivity contribution is 8.00. The summed E-state index contributed by atoms with van der Waals surface area (Å²) in [4.78, 5) is 37.9. The molecular weight excluding hydrogens is 372 g/mol. The van der Waals surface area contributed by atoms with Gasteiger partial charge in [-0.2, -0.15) is 0 Å². The number of ether oxygens (including phenoxy) is 1. The molecule has 0 saturated carbocycles. The Bertz CT molecular complexity index is 803. The van der Waals surface area contributed by atoms with Crippen LogP contribution in [0.5, 0.6) is 0 Å². The average Bonchev–Trinajstić information content (AvgIpc) is 2.96. The van der Waals surface area contributed by atoms with E-state index in [1.807, 2.05) is 30.3 Å². The third-order valence-electron chi connectivity index (χ3n) is 3.43. The molecule has 0 bridgehead atoms. The number of rotatable bonds is 7.